The quantitative estimate of drug-likeness (QED) is 0.836. The minimum absolute atomic E-state index is 0.395. The summed E-state index contributed by atoms with van der Waals surface area (Å²) >= 11 is 11.7. The molecule has 0 bridgehead atoms. The second-order valence-electron chi connectivity index (χ2n) is 3.09. The highest BCUT2D eigenvalue weighted by atomic mass is 35.5. The molecule has 4 nitrogen and oxygen atoms in total. The summed E-state index contributed by atoms with van der Waals surface area (Å²) in [6.07, 6.45) is 0. The highest BCUT2D eigenvalue weighted by Gasteiger charge is 2.06. The van der Waals surface area contributed by atoms with E-state index >= 15 is 0 Å². The first-order chi connectivity index (χ1) is 7.06. The van der Waals surface area contributed by atoms with Crippen LogP contribution in [0.3, 0.4) is 0 Å². The topological polar surface area (TPSA) is 56.7 Å². The van der Waals surface area contributed by atoms with Crippen LogP contribution in [0.5, 0.6) is 0 Å². The first-order valence-electron chi connectivity index (χ1n) is 4.22. The van der Waals surface area contributed by atoms with E-state index < -0.39 is 0 Å². The molecule has 0 aliphatic carbocycles. The summed E-state index contributed by atoms with van der Waals surface area (Å²) < 4.78 is 0. The Morgan fingerprint density at radius 3 is 2.20 bits per heavy atom. The number of nitrogens with two attached hydrogens (primary N) is 1. The predicted octanol–water partition coefficient (Wildman–Crippen LogP) is 2.46. The van der Waals surface area contributed by atoms with E-state index in [0.717, 1.165) is 0 Å². The molecule has 0 aliphatic rings. The van der Waals surface area contributed by atoms with Crippen LogP contribution in [0.2, 0.25) is 10.0 Å². The Kier molecular flexibility index (Phi) is 2.54. The van der Waals surface area contributed by atoms with E-state index in [1.165, 1.54) is 4.80 Å². The zero-order valence-corrected chi connectivity index (χ0v) is 9.42. The van der Waals surface area contributed by atoms with Crippen LogP contribution in [0.4, 0.5) is 5.82 Å². The molecule has 1 heterocycles. The summed E-state index contributed by atoms with van der Waals surface area (Å²) in [6.45, 7) is 1.78. The lowest BCUT2D eigenvalue weighted by atomic mass is 10.3. The van der Waals surface area contributed by atoms with Gasteiger partial charge in [-0.05, 0) is 25.1 Å². The van der Waals surface area contributed by atoms with Gasteiger partial charge >= 0.3 is 0 Å². The maximum absolute atomic E-state index is 5.86. The van der Waals surface area contributed by atoms with Crippen molar-refractivity contribution in [2.24, 2.45) is 0 Å². The van der Waals surface area contributed by atoms with Gasteiger partial charge in [0, 0.05) is 10.0 Å². The van der Waals surface area contributed by atoms with Crippen LogP contribution >= 0.6 is 23.2 Å². The lowest BCUT2D eigenvalue weighted by molar-refractivity contribution is 0.748. The number of nitrogens with zero attached hydrogens (tertiary/aromatic N) is 3. The van der Waals surface area contributed by atoms with Gasteiger partial charge in [0.25, 0.3) is 0 Å². The van der Waals surface area contributed by atoms with Gasteiger partial charge in [-0.25, -0.2) is 0 Å². The number of halogens is 2. The van der Waals surface area contributed by atoms with Crippen molar-refractivity contribution in [1.29, 1.82) is 0 Å². The average Bonchev–Trinajstić information content (AvgIpc) is 2.45. The Bertz CT molecular complexity index is 467. The summed E-state index contributed by atoms with van der Waals surface area (Å²) in [6, 6.07) is 5.07. The fourth-order valence-corrected chi connectivity index (χ4v) is 1.67. The summed E-state index contributed by atoms with van der Waals surface area (Å²) in [4.78, 5) is 1.41. The molecule has 2 N–H and O–H groups in total. The molecule has 1 aromatic heterocycles. The number of hydrogen-bond donors (Lipinski definition) is 1. The molecule has 78 valence electrons. The molecule has 0 radical (unpaired) electrons. The smallest absolute Gasteiger partial charge is 0.169 e. The maximum Gasteiger partial charge on any atom is 0.169 e. The zero-order valence-electron chi connectivity index (χ0n) is 7.91. The van der Waals surface area contributed by atoms with Crippen molar-refractivity contribution >= 4 is 29.0 Å². The SMILES string of the molecule is Cc1nn(-c2cc(Cl)cc(Cl)c2)nc1N. The van der Waals surface area contributed by atoms with Gasteiger partial charge in [0.15, 0.2) is 5.82 Å². The molecule has 0 unspecified atom stereocenters. The van der Waals surface area contributed by atoms with Gasteiger partial charge in [0.1, 0.15) is 5.69 Å². The van der Waals surface area contributed by atoms with Gasteiger partial charge in [-0.2, -0.15) is 5.10 Å². The largest absolute Gasteiger partial charge is 0.381 e. The lowest BCUT2D eigenvalue weighted by Crippen LogP contribution is -1.99. The fraction of sp³-hybridized carbons (Fsp3) is 0.111. The van der Waals surface area contributed by atoms with Crippen LogP contribution in [0.1, 0.15) is 5.69 Å². The van der Waals surface area contributed by atoms with Gasteiger partial charge in [-0.3, -0.25) is 0 Å². The Hall–Kier alpha value is -1.26. The van der Waals surface area contributed by atoms with Crippen molar-refractivity contribution in [3.63, 3.8) is 0 Å². The van der Waals surface area contributed by atoms with Crippen LogP contribution in [-0.4, -0.2) is 15.0 Å². The van der Waals surface area contributed by atoms with Crippen molar-refractivity contribution in [3.05, 3.63) is 33.9 Å². The number of anilines is 1. The van der Waals surface area contributed by atoms with Crippen molar-refractivity contribution in [2.45, 2.75) is 6.92 Å². The Morgan fingerprint density at radius 1 is 1.13 bits per heavy atom. The first kappa shape index (κ1) is 10.3. The molecule has 0 saturated heterocycles. The van der Waals surface area contributed by atoms with E-state index in [1.807, 2.05) is 0 Å². The zero-order chi connectivity index (χ0) is 11.0. The molecular formula is C9H8Cl2N4. The molecule has 0 aliphatic heterocycles. The van der Waals surface area contributed by atoms with E-state index in [2.05, 4.69) is 10.2 Å². The molecule has 6 heteroatoms. The Morgan fingerprint density at radius 2 is 1.73 bits per heavy atom. The summed E-state index contributed by atoms with van der Waals surface area (Å²) in [7, 11) is 0. The fourth-order valence-electron chi connectivity index (χ4n) is 1.16. The van der Waals surface area contributed by atoms with E-state index in [9.17, 15) is 0 Å². The second-order valence-corrected chi connectivity index (χ2v) is 3.96. The van der Waals surface area contributed by atoms with Crippen LogP contribution in [-0.2, 0) is 0 Å². The highest BCUT2D eigenvalue weighted by Crippen LogP contribution is 2.21. The van der Waals surface area contributed by atoms with Gasteiger partial charge in [0.2, 0.25) is 0 Å². The predicted molar refractivity (Wildman–Crippen MR) is 60.5 cm³/mol. The number of rotatable bonds is 1. The number of aryl methyl sites for hydroxylation is 1. The van der Waals surface area contributed by atoms with E-state index in [-0.39, 0.29) is 0 Å². The number of hydrogen-bond acceptors (Lipinski definition) is 3. The maximum atomic E-state index is 5.86. The third-order valence-corrected chi connectivity index (χ3v) is 2.33. The molecule has 1 aromatic carbocycles. The van der Waals surface area contributed by atoms with E-state index in [4.69, 9.17) is 28.9 Å². The van der Waals surface area contributed by atoms with E-state index in [1.54, 1.807) is 25.1 Å². The highest BCUT2D eigenvalue weighted by molar-refractivity contribution is 6.34. The van der Waals surface area contributed by atoms with Crippen LogP contribution in [0.25, 0.3) is 5.69 Å². The molecule has 15 heavy (non-hydrogen) atoms. The molecular weight excluding hydrogens is 235 g/mol. The lowest BCUT2D eigenvalue weighted by Gasteiger charge is -2.00. The Labute approximate surface area is 96.6 Å². The van der Waals surface area contributed by atoms with Gasteiger partial charge in [-0.1, -0.05) is 23.2 Å². The van der Waals surface area contributed by atoms with Gasteiger partial charge in [0.05, 0.1) is 5.69 Å². The number of aromatic nitrogens is 3. The summed E-state index contributed by atoms with van der Waals surface area (Å²) in [5, 5.41) is 9.22. The van der Waals surface area contributed by atoms with Crippen molar-refractivity contribution in [1.82, 2.24) is 15.0 Å². The summed E-state index contributed by atoms with van der Waals surface area (Å²) in [5.41, 5.74) is 6.95. The van der Waals surface area contributed by atoms with Crippen LogP contribution in [0, 0.1) is 6.92 Å². The molecule has 0 saturated carbocycles. The third kappa shape index (κ3) is 2.06. The molecule has 2 rings (SSSR count). The third-order valence-electron chi connectivity index (χ3n) is 1.90. The van der Waals surface area contributed by atoms with E-state index in [0.29, 0.717) is 27.2 Å². The minimum Gasteiger partial charge on any atom is -0.381 e. The molecule has 2 aromatic rings. The standard InChI is InChI=1S/C9H8Cl2N4/c1-5-9(12)14-15(13-5)8-3-6(10)2-7(11)4-8/h2-4H,1H3,(H2,12,14). The van der Waals surface area contributed by atoms with Crippen LogP contribution in [0.15, 0.2) is 18.2 Å². The Balaban J connectivity index is 2.53. The normalized spacial score (nSPS) is 10.6. The van der Waals surface area contributed by atoms with Crippen molar-refractivity contribution in [2.75, 3.05) is 5.73 Å². The van der Waals surface area contributed by atoms with Crippen LogP contribution < -0.4 is 5.73 Å². The first-order valence-corrected chi connectivity index (χ1v) is 4.98. The minimum atomic E-state index is 0.395. The number of benzene rings is 1. The molecule has 0 atom stereocenters. The number of nitrogen functional groups attached to an aromatic ring is 1. The average molecular weight is 243 g/mol. The monoisotopic (exact) mass is 242 g/mol. The van der Waals surface area contributed by atoms with Gasteiger partial charge in [-0.15, -0.1) is 9.90 Å². The van der Waals surface area contributed by atoms with Crippen molar-refractivity contribution < 1.29 is 0 Å². The molecule has 0 spiro atoms. The van der Waals surface area contributed by atoms with Crippen molar-refractivity contribution in [3.8, 4) is 5.69 Å². The molecule has 0 fully saturated rings. The summed E-state index contributed by atoms with van der Waals surface area (Å²) in [5.74, 6) is 0.395. The molecule has 0 amide bonds. The second kappa shape index (κ2) is 3.72. The van der Waals surface area contributed by atoms with Gasteiger partial charge < -0.3 is 5.73 Å².